The summed E-state index contributed by atoms with van der Waals surface area (Å²) in [7, 11) is 0. The lowest BCUT2D eigenvalue weighted by molar-refractivity contribution is -0.136. The number of rotatable bonds is 3. The third kappa shape index (κ3) is 3.34. The molecule has 0 saturated heterocycles. The lowest BCUT2D eigenvalue weighted by Gasteiger charge is -2.11. The van der Waals surface area contributed by atoms with Crippen molar-refractivity contribution in [2.75, 3.05) is 5.73 Å². The smallest absolute Gasteiger partial charge is 0.417 e. The van der Waals surface area contributed by atoms with Crippen molar-refractivity contribution >= 4 is 16.7 Å². The Balaban J connectivity index is 1.91. The summed E-state index contributed by atoms with van der Waals surface area (Å²) in [6.07, 6.45) is -4.64. The molecule has 0 saturated carbocycles. The van der Waals surface area contributed by atoms with Crippen LogP contribution in [0.4, 0.5) is 18.9 Å². The molecule has 124 valence electrons. The fraction of sp³-hybridized carbons (Fsp3) is 0.118. The van der Waals surface area contributed by atoms with Crippen LogP contribution in [0.3, 0.4) is 0 Å². The second-order valence-corrected chi connectivity index (χ2v) is 5.17. The van der Waals surface area contributed by atoms with E-state index >= 15 is 0 Å². The Morgan fingerprint density at radius 2 is 1.75 bits per heavy atom. The summed E-state index contributed by atoms with van der Waals surface area (Å²) in [5.74, 6) is 0.293. The van der Waals surface area contributed by atoms with E-state index in [1.807, 2.05) is 0 Å². The highest BCUT2D eigenvalue weighted by Crippen LogP contribution is 2.34. The zero-order valence-corrected chi connectivity index (χ0v) is 12.3. The first-order valence-corrected chi connectivity index (χ1v) is 6.95. The summed E-state index contributed by atoms with van der Waals surface area (Å²) >= 11 is 0. The Labute approximate surface area is 134 Å². The molecule has 3 aromatic rings. The third-order valence-electron chi connectivity index (χ3n) is 3.41. The highest BCUT2D eigenvalue weighted by Gasteiger charge is 2.33. The molecule has 7 heteroatoms. The monoisotopic (exact) mass is 335 g/mol. The zero-order chi connectivity index (χ0) is 17.3. The van der Waals surface area contributed by atoms with Crippen LogP contribution in [0.2, 0.25) is 0 Å². The van der Waals surface area contributed by atoms with Crippen LogP contribution in [-0.4, -0.2) is 0 Å². The van der Waals surface area contributed by atoms with Gasteiger partial charge in [-0.2, -0.15) is 13.2 Å². The van der Waals surface area contributed by atoms with Crippen molar-refractivity contribution in [1.29, 1.82) is 0 Å². The Hall–Kier alpha value is -2.96. The number of nitrogens with two attached hydrogens (primary N) is 1. The number of nitrogen functional groups attached to an aromatic ring is 1. The van der Waals surface area contributed by atoms with Crippen LogP contribution in [0.25, 0.3) is 11.0 Å². The number of ether oxygens (including phenoxy) is 1. The van der Waals surface area contributed by atoms with Gasteiger partial charge in [0.15, 0.2) is 0 Å². The molecule has 3 rings (SSSR count). The first-order valence-electron chi connectivity index (χ1n) is 6.95. The van der Waals surface area contributed by atoms with Gasteiger partial charge in [-0.15, -0.1) is 0 Å². The van der Waals surface area contributed by atoms with Crippen molar-refractivity contribution in [2.24, 2.45) is 0 Å². The number of anilines is 1. The molecule has 1 heterocycles. The summed E-state index contributed by atoms with van der Waals surface area (Å²) in [6.45, 7) is 0.203. The molecule has 0 fully saturated rings. The minimum absolute atomic E-state index is 0.176. The molecule has 0 aliphatic heterocycles. The molecule has 2 aromatic carbocycles. The largest absolute Gasteiger partial charge is 0.489 e. The highest BCUT2D eigenvalue weighted by atomic mass is 19.4. The quantitative estimate of drug-likeness (QED) is 0.581. The average Bonchev–Trinajstić information content (AvgIpc) is 2.52. The lowest BCUT2D eigenvalue weighted by Crippen LogP contribution is -2.11. The minimum Gasteiger partial charge on any atom is -0.489 e. The van der Waals surface area contributed by atoms with Gasteiger partial charge in [-0.05, 0) is 29.8 Å². The Morgan fingerprint density at radius 1 is 1.04 bits per heavy atom. The van der Waals surface area contributed by atoms with Crippen LogP contribution < -0.4 is 16.1 Å². The van der Waals surface area contributed by atoms with Gasteiger partial charge < -0.3 is 14.9 Å². The van der Waals surface area contributed by atoms with Crippen LogP contribution in [0.1, 0.15) is 11.1 Å². The standard InChI is InChI=1S/C17H12F3NO3/c18-17(19,20)14-8-16(22)24-15-7-12(5-6-13(14)15)23-9-10-1-3-11(21)4-2-10/h1-8H,9,21H2. The normalized spacial score (nSPS) is 11.6. The molecule has 2 N–H and O–H groups in total. The molecule has 0 unspecified atom stereocenters. The van der Waals surface area contributed by atoms with Crippen molar-refractivity contribution in [1.82, 2.24) is 0 Å². The van der Waals surface area contributed by atoms with Gasteiger partial charge >= 0.3 is 11.8 Å². The van der Waals surface area contributed by atoms with Crippen LogP contribution in [-0.2, 0) is 12.8 Å². The molecule has 0 spiro atoms. The van der Waals surface area contributed by atoms with Gasteiger partial charge in [0.25, 0.3) is 0 Å². The maximum atomic E-state index is 13.0. The van der Waals surface area contributed by atoms with Crippen molar-refractivity contribution in [2.45, 2.75) is 12.8 Å². The summed E-state index contributed by atoms with van der Waals surface area (Å²) in [5.41, 5.74) is 4.77. The van der Waals surface area contributed by atoms with E-state index in [4.69, 9.17) is 14.9 Å². The summed E-state index contributed by atoms with van der Waals surface area (Å²) in [4.78, 5) is 11.4. The fourth-order valence-corrected chi connectivity index (χ4v) is 2.25. The molecule has 0 aliphatic rings. The summed E-state index contributed by atoms with van der Waals surface area (Å²) in [5, 5.41) is -0.193. The van der Waals surface area contributed by atoms with E-state index < -0.39 is 17.4 Å². The Kier molecular flexibility index (Phi) is 3.92. The maximum absolute atomic E-state index is 13.0. The molecule has 0 bridgehead atoms. The van der Waals surface area contributed by atoms with E-state index in [0.29, 0.717) is 17.5 Å². The van der Waals surface area contributed by atoms with Gasteiger partial charge in [0.05, 0.1) is 5.56 Å². The van der Waals surface area contributed by atoms with Crippen LogP contribution >= 0.6 is 0 Å². The van der Waals surface area contributed by atoms with Gasteiger partial charge in [-0.25, -0.2) is 4.79 Å². The van der Waals surface area contributed by atoms with Crippen molar-refractivity contribution < 1.29 is 22.3 Å². The number of hydrogen-bond donors (Lipinski definition) is 1. The van der Waals surface area contributed by atoms with E-state index in [-0.39, 0.29) is 17.6 Å². The minimum atomic E-state index is -4.64. The van der Waals surface area contributed by atoms with Crippen LogP contribution in [0, 0.1) is 0 Å². The van der Waals surface area contributed by atoms with E-state index in [1.54, 1.807) is 24.3 Å². The van der Waals surface area contributed by atoms with Crippen molar-refractivity contribution in [3.05, 3.63) is 70.1 Å². The van der Waals surface area contributed by atoms with Gasteiger partial charge in [0.1, 0.15) is 17.9 Å². The second-order valence-electron chi connectivity index (χ2n) is 5.17. The van der Waals surface area contributed by atoms with Gasteiger partial charge in [-0.1, -0.05) is 12.1 Å². The Bertz CT molecular complexity index is 930. The molecule has 0 amide bonds. The Morgan fingerprint density at radius 3 is 2.42 bits per heavy atom. The predicted molar refractivity (Wildman–Crippen MR) is 82.7 cm³/mol. The SMILES string of the molecule is Nc1ccc(COc2ccc3c(C(F)(F)F)cc(=O)oc3c2)cc1. The summed E-state index contributed by atoms with van der Waals surface area (Å²) < 4.78 is 49.3. The molecule has 24 heavy (non-hydrogen) atoms. The number of alkyl halides is 3. The van der Waals surface area contributed by atoms with Crippen LogP contribution in [0.15, 0.2) is 57.7 Å². The van der Waals surface area contributed by atoms with E-state index in [0.717, 1.165) is 5.56 Å². The van der Waals surface area contributed by atoms with E-state index in [2.05, 4.69) is 0 Å². The molecular weight excluding hydrogens is 323 g/mol. The molecule has 0 aliphatic carbocycles. The average molecular weight is 335 g/mol. The summed E-state index contributed by atoms with van der Waals surface area (Å²) in [6, 6.07) is 11.3. The molecular formula is C17H12F3NO3. The van der Waals surface area contributed by atoms with Crippen molar-refractivity contribution in [3.8, 4) is 5.75 Å². The van der Waals surface area contributed by atoms with E-state index in [9.17, 15) is 18.0 Å². The first-order chi connectivity index (χ1) is 11.3. The number of hydrogen-bond acceptors (Lipinski definition) is 4. The maximum Gasteiger partial charge on any atom is 0.417 e. The molecule has 0 radical (unpaired) electrons. The van der Waals surface area contributed by atoms with E-state index in [1.165, 1.54) is 18.2 Å². The highest BCUT2D eigenvalue weighted by molar-refractivity contribution is 5.82. The number of fused-ring (bicyclic) bond motifs is 1. The predicted octanol–water partition coefficient (Wildman–Crippen LogP) is 3.97. The van der Waals surface area contributed by atoms with Gasteiger partial charge in [0, 0.05) is 23.2 Å². The van der Waals surface area contributed by atoms with Gasteiger partial charge in [0.2, 0.25) is 0 Å². The van der Waals surface area contributed by atoms with Crippen LogP contribution in [0.5, 0.6) is 5.75 Å². The van der Waals surface area contributed by atoms with Crippen molar-refractivity contribution in [3.63, 3.8) is 0 Å². The fourth-order valence-electron chi connectivity index (χ4n) is 2.25. The first kappa shape index (κ1) is 15.9. The topological polar surface area (TPSA) is 65.5 Å². The molecule has 4 nitrogen and oxygen atoms in total. The third-order valence-corrected chi connectivity index (χ3v) is 3.41. The van der Waals surface area contributed by atoms with Gasteiger partial charge in [-0.3, -0.25) is 0 Å². The number of halogens is 3. The zero-order valence-electron chi connectivity index (χ0n) is 12.3. The molecule has 1 aromatic heterocycles. The number of benzene rings is 2. The second kappa shape index (κ2) is 5.92. The molecule has 0 atom stereocenters. The lowest BCUT2D eigenvalue weighted by atomic mass is 10.1.